The Morgan fingerprint density at radius 1 is 1.32 bits per heavy atom. The van der Waals surface area contributed by atoms with Crippen LogP contribution in [0.5, 0.6) is 0 Å². The largest absolute Gasteiger partial charge is 0.479 e. The number of rotatable bonds is 5. The zero-order valence-electron chi connectivity index (χ0n) is 11.1. The van der Waals surface area contributed by atoms with Gasteiger partial charge >= 0.3 is 11.9 Å². The van der Waals surface area contributed by atoms with Crippen LogP contribution in [0.15, 0.2) is 22.7 Å². The highest BCUT2D eigenvalue weighted by atomic mass is 35.5. The molecule has 2 aromatic rings. The van der Waals surface area contributed by atoms with E-state index in [9.17, 15) is 14.7 Å². The normalized spacial score (nSPS) is 12.0. The third kappa shape index (κ3) is 3.32. The van der Waals surface area contributed by atoms with Crippen molar-refractivity contribution in [2.24, 2.45) is 0 Å². The van der Waals surface area contributed by atoms with E-state index in [0.29, 0.717) is 5.02 Å². The number of carbonyl (C=O) groups is 2. The van der Waals surface area contributed by atoms with Gasteiger partial charge in [0, 0.05) is 6.20 Å². The van der Waals surface area contributed by atoms with Crippen molar-refractivity contribution >= 4 is 41.0 Å². The molecular formula is C13H10Cl2N2O5. The van der Waals surface area contributed by atoms with E-state index in [1.165, 1.54) is 19.2 Å². The molecule has 0 amide bonds. The molecule has 0 aromatic carbocycles. The maximum absolute atomic E-state index is 11.4. The molecule has 2 rings (SSSR count). The van der Waals surface area contributed by atoms with Gasteiger partial charge in [-0.3, -0.25) is 0 Å². The number of furan rings is 1. The summed E-state index contributed by atoms with van der Waals surface area (Å²) < 4.78 is 5.21. The van der Waals surface area contributed by atoms with Crippen LogP contribution in [0.25, 0.3) is 0 Å². The second kappa shape index (κ2) is 6.25. The van der Waals surface area contributed by atoms with E-state index in [2.05, 4.69) is 10.3 Å². The smallest absolute Gasteiger partial charge is 0.339 e. The minimum absolute atomic E-state index is 0.0739. The molecule has 0 aliphatic rings. The van der Waals surface area contributed by atoms with Crippen LogP contribution in [0, 0.1) is 6.92 Å². The van der Waals surface area contributed by atoms with Crippen molar-refractivity contribution in [2.75, 3.05) is 5.32 Å². The molecule has 9 heteroatoms. The predicted molar refractivity (Wildman–Crippen MR) is 78.7 cm³/mol. The standard InChI is InChI=1S/C13H10Cl2N2O5/c1-5-7(12(18)19)3-9(22-5)10(13(20)21)17-11-8(15)2-6(14)4-16-11/h2-4,10H,1H3,(H,16,17)(H,18,19)(H,20,21). The molecular weight excluding hydrogens is 335 g/mol. The minimum atomic E-state index is -1.35. The summed E-state index contributed by atoms with van der Waals surface area (Å²) in [6.45, 7) is 1.43. The summed E-state index contributed by atoms with van der Waals surface area (Å²) >= 11 is 11.6. The monoisotopic (exact) mass is 344 g/mol. The minimum Gasteiger partial charge on any atom is -0.479 e. The lowest BCUT2D eigenvalue weighted by Gasteiger charge is -2.13. The number of hydrogen-bond acceptors (Lipinski definition) is 5. The summed E-state index contributed by atoms with van der Waals surface area (Å²) in [4.78, 5) is 26.3. The van der Waals surface area contributed by atoms with E-state index in [1.807, 2.05) is 0 Å². The molecule has 0 aliphatic heterocycles. The van der Waals surface area contributed by atoms with Gasteiger partial charge in [0.25, 0.3) is 0 Å². The lowest BCUT2D eigenvalue weighted by atomic mass is 10.2. The van der Waals surface area contributed by atoms with Crippen LogP contribution in [0.2, 0.25) is 10.0 Å². The number of aromatic carboxylic acids is 1. The van der Waals surface area contributed by atoms with Crippen molar-refractivity contribution in [3.8, 4) is 0 Å². The highest BCUT2D eigenvalue weighted by molar-refractivity contribution is 6.36. The van der Waals surface area contributed by atoms with Crippen molar-refractivity contribution in [1.29, 1.82) is 0 Å². The fourth-order valence-corrected chi connectivity index (χ4v) is 2.21. The fraction of sp³-hybridized carbons (Fsp3) is 0.154. The van der Waals surface area contributed by atoms with Crippen molar-refractivity contribution in [3.05, 3.63) is 45.5 Å². The first-order valence-electron chi connectivity index (χ1n) is 5.93. The Labute approximate surface area is 134 Å². The highest BCUT2D eigenvalue weighted by Gasteiger charge is 2.27. The summed E-state index contributed by atoms with van der Waals surface area (Å²) in [5.74, 6) is -2.37. The zero-order chi connectivity index (χ0) is 16.4. The highest BCUT2D eigenvalue weighted by Crippen LogP contribution is 2.28. The third-order valence-electron chi connectivity index (χ3n) is 2.79. The van der Waals surface area contributed by atoms with Crippen molar-refractivity contribution in [1.82, 2.24) is 4.98 Å². The number of carboxylic acid groups (broad SMARTS) is 2. The second-order valence-corrected chi connectivity index (χ2v) is 5.17. The molecule has 116 valence electrons. The molecule has 7 nitrogen and oxygen atoms in total. The van der Waals surface area contributed by atoms with E-state index >= 15 is 0 Å². The van der Waals surface area contributed by atoms with E-state index < -0.39 is 18.0 Å². The number of aromatic nitrogens is 1. The second-order valence-electron chi connectivity index (χ2n) is 4.32. The molecule has 0 spiro atoms. The summed E-state index contributed by atoms with van der Waals surface area (Å²) in [7, 11) is 0. The Morgan fingerprint density at radius 3 is 2.50 bits per heavy atom. The molecule has 0 saturated heterocycles. The molecule has 0 aliphatic carbocycles. The fourth-order valence-electron chi connectivity index (χ4n) is 1.77. The van der Waals surface area contributed by atoms with Crippen LogP contribution >= 0.6 is 23.2 Å². The van der Waals surface area contributed by atoms with Gasteiger partial charge in [-0.25, -0.2) is 14.6 Å². The maximum atomic E-state index is 11.4. The van der Waals surface area contributed by atoms with Gasteiger partial charge in [0.15, 0.2) is 6.04 Å². The van der Waals surface area contributed by atoms with Gasteiger partial charge in [0.2, 0.25) is 0 Å². The summed E-state index contributed by atoms with van der Waals surface area (Å²) in [6.07, 6.45) is 1.30. The first kappa shape index (κ1) is 16.1. The third-order valence-corrected chi connectivity index (χ3v) is 3.28. The molecule has 0 bridgehead atoms. The van der Waals surface area contributed by atoms with Crippen LogP contribution < -0.4 is 5.32 Å². The number of halogens is 2. The number of nitrogens with one attached hydrogen (secondary N) is 1. The molecule has 0 radical (unpaired) electrons. The topological polar surface area (TPSA) is 113 Å². The molecule has 0 fully saturated rings. The van der Waals surface area contributed by atoms with E-state index in [1.54, 1.807) is 0 Å². The molecule has 1 atom stereocenters. The Bertz CT molecular complexity index is 744. The van der Waals surface area contributed by atoms with Crippen LogP contribution in [0.3, 0.4) is 0 Å². The average molecular weight is 345 g/mol. The molecule has 2 aromatic heterocycles. The van der Waals surface area contributed by atoms with Crippen LogP contribution in [-0.2, 0) is 4.79 Å². The number of aryl methyl sites for hydroxylation is 1. The van der Waals surface area contributed by atoms with Gasteiger partial charge in [-0.15, -0.1) is 0 Å². The molecule has 3 N–H and O–H groups in total. The van der Waals surface area contributed by atoms with Gasteiger partial charge in [-0.05, 0) is 19.1 Å². The van der Waals surface area contributed by atoms with Gasteiger partial charge in [-0.1, -0.05) is 23.2 Å². The van der Waals surface area contributed by atoms with E-state index in [-0.39, 0.29) is 27.9 Å². The van der Waals surface area contributed by atoms with E-state index in [0.717, 1.165) is 6.07 Å². The average Bonchev–Trinajstić information content (AvgIpc) is 2.79. The van der Waals surface area contributed by atoms with E-state index in [4.69, 9.17) is 32.7 Å². The number of nitrogens with zero attached hydrogens (tertiary/aromatic N) is 1. The van der Waals surface area contributed by atoms with Gasteiger partial charge in [0.05, 0.1) is 10.0 Å². The number of anilines is 1. The zero-order valence-corrected chi connectivity index (χ0v) is 12.6. The Hall–Kier alpha value is -2.25. The number of carboxylic acids is 2. The van der Waals surface area contributed by atoms with Gasteiger partial charge in [0.1, 0.15) is 22.9 Å². The van der Waals surface area contributed by atoms with Gasteiger partial charge < -0.3 is 19.9 Å². The van der Waals surface area contributed by atoms with Gasteiger partial charge in [-0.2, -0.15) is 0 Å². The number of hydrogen-bond donors (Lipinski definition) is 3. The SMILES string of the molecule is Cc1oc(C(Nc2ncc(Cl)cc2Cl)C(=O)O)cc1C(=O)O. The Kier molecular flexibility index (Phi) is 4.58. The lowest BCUT2D eigenvalue weighted by Crippen LogP contribution is -2.20. The van der Waals surface area contributed by atoms with Crippen molar-refractivity contribution in [3.63, 3.8) is 0 Å². The van der Waals surface area contributed by atoms with Crippen molar-refractivity contribution in [2.45, 2.75) is 13.0 Å². The molecule has 22 heavy (non-hydrogen) atoms. The molecule has 1 unspecified atom stereocenters. The van der Waals surface area contributed by atoms with Crippen LogP contribution in [0.4, 0.5) is 5.82 Å². The summed E-state index contributed by atoms with van der Waals surface area (Å²) in [5.41, 5.74) is -0.113. The number of pyridine rings is 1. The van der Waals surface area contributed by atoms with Crippen molar-refractivity contribution < 1.29 is 24.2 Å². The lowest BCUT2D eigenvalue weighted by molar-refractivity contribution is -0.138. The first-order chi connectivity index (χ1) is 10.3. The molecule has 2 heterocycles. The summed E-state index contributed by atoms with van der Waals surface area (Å²) in [5, 5.41) is 21.3. The first-order valence-corrected chi connectivity index (χ1v) is 6.69. The molecule has 0 saturated carbocycles. The van der Waals surface area contributed by atoms with Crippen LogP contribution in [0.1, 0.15) is 27.9 Å². The Balaban J connectivity index is 2.37. The van der Waals surface area contributed by atoms with Crippen LogP contribution in [-0.4, -0.2) is 27.1 Å². The Morgan fingerprint density at radius 2 is 2.00 bits per heavy atom. The quantitative estimate of drug-likeness (QED) is 0.762. The maximum Gasteiger partial charge on any atom is 0.339 e. The summed E-state index contributed by atoms with van der Waals surface area (Å²) in [6, 6.07) is 1.19. The predicted octanol–water partition coefficient (Wildman–Crippen LogP) is 3.23. The number of aliphatic carboxylic acids is 1.